The van der Waals surface area contributed by atoms with Crippen molar-refractivity contribution in [2.24, 2.45) is 5.92 Å². The van der Waals surface area contributed by atoms with Crippen LogP contribution >= 0.6 is 0 Å². The van der Waals surface area contributed by atoms with Crippen molar-refractivity contribution in [3.05, 3.63) is 0 Å². The first-order valence-corrected chi connectivity index (χ1v) is 7.14. The molecule has 2 fully saturated rings. The van der Waals surface area contributed by atoms with Crippen LogP contribution < -0.4 is 0 Å². The Morgan fingerprint density at radius 2 is 2.06 bits per heavy atom. The van der Waals surface area contributed by atoms with Gasteiger partial charge in [0.1, 0.15) is 6.10 Å². The van der Waals surface area contributed by atoms with Crippen LogP contribution in [0.5, 0.6) is 0 Å². The highest BCUT2D eigenvalue weighted by Crippen LogP contribution is 2.36. The van der Waals surface area contributed by atoms with Crippen molar-refractivity contribution >= 4 is 6.09 Å². The molecule has 98 valence electrons. The van der Waals surface area contributed by atoms with Crippen LogP contribution in [0.2, 0.25) is 0 Å². The van der Waals surface area contributed by atoms with Gasteiger partial charge < -0.3 is 4.74 Å². The van der Waals surface area contributed by atoms with E-state index in [2.05, 4.69) is 20.8 Å². The summed E-state index contributed by atoms with van der Waals surface area (Å²) in [7, 11) is 0. The lowest BCUT2D eigenvalue weighted by molar-refractivity contribution is 0.0949. The summed E-state index contributed by atoms with van der Waals surface area (Å²) in [6.45, 7) is 6.45. The van der Waals surface area contributed by atoms with E-state index in [1.54, 1.807) is 0 Å². The van der Waals surface area contributed by atoms with E-state index in [4.69, 9.17) is 4.74 Å². The quantitative estimate of drug-likeness (QED) is 0.750. The Kier molecular flexibility index (Phi) is 3.95. The molecular formula is C14H25NO2. The minimum Gasteiger partial charge on any atom is -0.444 e. The van der Waals surface area contributed by atoms with Crippen molar-refractivity contribution in [2.45, 2.75) is 77.5 Å². The van der Waals surface area contributed by atoms with Gasteiger partial charge in [0.15, 0.2) is 0 Å². The molecule has 3 heteroatoms. The molecule has 1 saturated carbocycles. The predicted octanol–water partition coefficient (Wildman–Crippen LogP) is 3.57. The molecule has 1 saturated heterocycles. The van der Waals surface area contributed by atoms with E-state index in [9.17, 15) is 4.79 Å². The van der Waals surface area contributed by atoms with Crippen molar-refractivity contribution in [3.8, 4) is 0 Å². The zero-order chi connectivity index (χ0) is 12.4. The Labute approximate surface area is 105 Å². The second kappa shape index (κ2) is 5.28. The van der Waals surface area contributed by atoms with Crippen LogP contribution in [-0.2, 0) is 4.74 Å². The molecule has 0 spiro atoms. The first kappa shape index (κ1) is 12.7. The average Bonchev–Trinajstić information content (AvgIpc) is 2.87. The van der Waals surface area contributed by atoms with Gasteiger partial charge in [0.25, 0.3) is 0 Å². The van der Waals surface area contributed by atoms with E-state index in [0.717, 1.165) is 12.8 Å². The lowest BCUT2D eigenvalue weighted by Gasteiger charge is -2.28. The van der Waals surface area contributed by atoms with Crippen LogP contribution in [0, 0.1) is 5.92 Å². The van der Waals surface area contributed by atoms with Gasteiger partial charge in [0, 0.05) is 6.04 Å². The smallest absolute Gasteiger partial charge is 0.410 e. The largest absolute Gasteiger partial charge is 0.444 e. The van der Waals surface area contributed by atoms with Crippen molar-refractivity contribution < 1.29 is 9.53 Å². The monoisotopic (exact) mass is 239 g/mol. The van der Waals surface area contributed by atoms with Crippen LogP contribution in [0.4, 0.5) is 4.79 Å². The van der Waals surface area contributed by atoms with E-state index in [1.165, 1.54) is 25.7 Å². The van der Waals surface area contributed by atoms with Gasteiger partial charge in [-0.3, -0.25) is 4.90 Å². The highest BCUT2D eigenvalue weighted by Gasteiger charge is 2.45. The van der Waals surface area contributed by atoms with Crippen LogP contribution in [0.25, 0.3) is 0 Å². The van der Waals surface area contributed by atoms with Gasteiger partial charge in [0.2, 0.25) is 0 Å². The zero-order valence-electron chi connectivity index (χ0n) is 11.3. The third-order valence-corrected chi connectivity index (χ3v) is 4.41. The second-order valence-corrected chi connectivity index (χ2v) is 5.68. The zero-order valence-corrected chi connectivity index (χ0v) is 11.3. The van der Waals surface area contributed by atoms with Crippen molar-refractivity contribution in [2.75, 3.05) is 0 Å². The van der Waals surface area contributed by atoms with E-state index in [1.807, 2.05) is 4.90 Å². The molecule has 2 aliphatic rings. The van der Waals surface area contributed by atoms with Gasteiger partial charge in [-0.1, -0.05) is 26.2 Å². The molecular weight excluding hydrogens is 214 g/mol. The first-order valence-electron chi connectivity index (χ1n) is 7.14. The van der Waals surface area contributed by atoms with E-state index >= 15 is 0 Å². The molecule has 17 heavy (non-hydrogen) atoms. The second-order valence-electron chi connectivity index (χ2n) is 5.68. The highest BCUT2D eigenvalue weighted by atomic mass is 16.6. The molecule has 0 aromatic heterocycles. The fourth-order valence-electron chi connectivity index (χ4n) is 3.51. The number of nitrogens with zero attached hydrogens (tertiary/aromatic N) is 1. The Morgan fingerprint density at radius 3 is 2.65 bits per heavy atom. The molecule has 0 bridgehead atoms. The molecule has 1 aliphatic heterocycles. The number of hydrogen-bond acceptors (Lipinski definition) is 2. The lowest BCUT2D eigenvalue weighted by Crippen LogP contribution is -2.42. The number of cyclic esters (lactones) is 1. The minimum absolute atomic E-state index is 0.0876. The van der Waals surface area contributed by atoms with Crippen molar-refractivity contribution in [1.82, 2.24) is 4.90 Å². The van der Waals surface area contributed by atoms with Gasteiger partial charge in [-0.25, -0.2) is 4.79 Å². The maximum atomic E-state index is 12.0. The fraction of sp³-hybridized carbons (Fsp3) is 0.929. The minimum atomic E-state index is -0.0876. The molecule has 2 unspecified atom stereocenters. The number of hydrogen-bond donors (Lipinski definition) is 0. The standard InChI is InChI=1S/C14H25NO2/c1-4-7-10(2)15-11(3)13(17-14(15)16)12-8-5-6-9-12/h10-13H,4-9H2,1-3H3/t10?,11-,13?/m0/s1. The highest BCUT2D eigenvalue weighted by molar-refractivity contribution is 5.71. The number of rotatable bonds is 4. The van der Waals surface area contributed by atoms with Gasteiger partial charge >= 0.3 is 6.09 Å². The fourth-order valence-corrected chi connectivity index (χ4v) is 3.51. The molecule has 0 N–H and O–H groups in total. The van der Waals surface area contributed by atoms with Gasteiger partial charge in [-0.15, -0.1) is 0 Å². The SMILES string of the molecule is CCCC(C)N1C(=O)OC(C2CCCC2)[C@@H]1C. The summed E-state index contributed by atoms with van der Waals surface area (Å²) in [5.41, 5.74) is 0. The molecule has 0 aromatic carbocycles. The summed E-state index contributed by atoms with van der Waals surface area (Å²) in [6.07, 6.45) is 7.31. The Hall–Kier alpha value is -0.730. The number of carbonyl (C=O) groups excluding carboxylic acids is 1. The Bertz CT molecular complexity index is 273. The first-order chi connectivity index (χ1) is 8.15. The van der Waals surface area contributed by atoms with E-state index < -0.39 is 0 Å². The van der Waals surface area contributed by atoms with Gasteiger partial charge in [-0.2, -0.15) is 0 Å². The molecule has 0 radical (unpaired) electrons. The van der Waals surface area contributed by atoms with Gasteiger partial charge in [0.05, 0.1) is 6.04 Å². The summed E-state index contributed by atoms with van der Waals surface area (Å²) in [5.74, 6) is 0.604. The third-order valence-electron chi connectivity index (χ3n) is 4.41. The predicted molar refractivity (Wildman–Crippen MR) is 67.9 cm³/mol. The molecule has 1 heterocycles. The maximum Gasteiger partial charge on any atom is 0.410 e. The lowest BCUT2D eigenvalue weighted by atomic mass is 9.95. The molecule has 3 nitrogen and oxygen atoms in total. The van der Waals surface area contributed by atoms with Crippen molar-refractivity contribution in [3.63, 3.8) is 0 Å². The summed E-state index contributed by atoms with van der Waals surface area (Å²) >= 11 is 0. The van der Waals surface area contributed by atoms with Crippen LogP contribution in [-0.4, -0.2) is 29.2 Å². The molecule has 2 rings (SSSR count). The summed E-state index contributed by atoms with van der Waals surface area (Å²) in [5, 5.41) is 0. The van der Waals surface area contributed by atoms with Crippen LogP contribution in [0.3, 0.4) is 0 Å². The molecule has 1 amide bonds. The number of carbonyl (C=O) groups is 1. The molecule has 0 aromatic rings. The Morgan fingerprint density at radius 1 is 1.41 bits per heavy atom. The summed E-state index contributed by atoms with van der Waals surface area (Å²) in [4.78, 5) is 13.9. The normalized spacial score (nSPS) is 31.9. The maximum absolute atomic E-state index is 12.0. The number of amides is 1. The molecule has 3 atom stereocenters. The van der Waals surface area contributed by atoms with E-state index in [0.29, 0.717) is 12.0 Å². The van der Waals surface area contributed by atoms with E-state index in [-0.39, 0.29) is 18.2 Å². The van der Waals surface area contributed by atoms with Crippen molar-refractivity contribution in [1.29, 1.82) is 0 Å². The number of ether oxygens (including phenoxy) is 1. The third kappa shape index (κ3) is 2.43. The summed E-state index contributed by atoms with van der Waals surface area (Å²) < 4.78 is 5.62. The Balaban J connectivity index is 2.02. The van der Waals surface area contributed by atoms with Crippen LogP contribution in [0.1, 0.15) is 59.3 Å². The summed E-state index contributed by atoms with van der Waals surface area (Å²) in [6, 6.07) is 0.570. The van der Waals surface area contributed by atoms with Crippen LogP contribution in [0.15, 0.2) is 0 Å². The molecule has 1 aliphatic carbocycles. The van der Waals surface area contributed by atoms with Gasteiger partial charge in [-0.05, 0) is 39.0 Å². The topological polar surface area (TPSA) is 29.5 Å². The average molecular weight is 239 g/mol.